The number of hydrogen-bond acceptors (Lipinski definition) is 4. The number of nitrogens with one attached hydrogen (secondary N) is 1. The summed E-state index contributed by atoms with van der Waals surface area (Å²) in [5, 5.41) is 9.99. The van der Waals surface area contributed by atoms with Crippen LogP contribution in [0.1, 0.15) is 42.0 Å². The molecule has 0 aliphatic rings. The number of aryl methyl sites for hydroxylation is 1. The molecule has 1 amide bonds. The molecule has 0 radical (unpaired) electrons. The van der Waals surface area contributed by atoms with Crippen molar-refractivity contribution in [1.82, 2.24) is 5.48 Å². The number of carbonyl (C=O) groups excluding carboxylic acids is 1. The maximum absolute atomic E-state index is 11.4. The Labute approximate surface area is 162 Å². The fraction of sp³-hybridized carbons (Fsp3) is 0.350. The third-order valence-electron chi connectivity index (χ3n) is 4.07. The van der Waals surface area contributed by atoms with Crippen molar-refractivity contribution in [2.45, 2.75) is 33.1 Å². The number of ether oxygens (including phenoxy) is 1. The first-order valence-electron chi connectivity index (χ1n) is 8.37. The van der Waals surface area contributed by atoms with Gasteiger partial charge in [-0.05, 0) is 59.7 Å². The van der Waals surface area contributed by atoms with Gasteiger partial charge in [-0.3, -0.25) is 9.63 Å². The minimum absolute atomic E-state index is 0.116. The van der Waals surface area contributed by atoms with Gasteiger partial charge < -0.3 is 9.84 Å². The van der Waals surface area contributed by atoms with Crippen LogP contribution in [0.5, 0.6) is 11.5 Å². The lowest BCUT2D eigenvalue weighted by molar-refractivity contribution is -0.133. The van der Waals surface area contributed by atoms with E-state index in [2.05, 4.69) is 40.1 Å². The van der Waals surface area contributed by atoms with Gasteiger partial charge in [-0.25, -0.2) is 5.48 Å². The number of hydroxylamine groups is 1. The minimum Gasteiger partial charge on any atom is -0.508 e. The molecule has 0 heterocycles. The predicted octanol–water partition coefficient (Wildman–Crippen LogP) is 4.23. The number of phenols is 1. The Balaban J connectivity index is 2.18. The van der Waals surface area contributed by atoms with E-state index in [4.69, 9.17) is 4.74 Å². The summed E-state index contributed by atoms with van der Waals surface area (Å²) >= 11 is 3.60. The van der Waals surface area contributed by atoms with Crippen LogP contribution < -0.4 is 10.2 Å². The van der Waals surface area contributed by atoms with Gasteiger partial charge in [0.25, 0.3) is 5.91 Å². The summed E-state index contributed by atoms with van der Waals surface area (Å²) in [6, 6.07) is 9.49. The zero-order chi connectivity index (χ0) is 19.3. The largest absolute Gasteiger partial charge is 0.508 e. The average molecular weight is 422 g/mol. The van der Waals surface area contributed by atoms with E-state index in [9.17, 15) is 9.90 Å². The Kier molecular flexibility index (Phi) is 7.06. The molecule has 0 spiro atoms. The Morgan fingerprint density at radius 3 is 2.62 bits per heavy atom. The maximum atomic E-state index is 11.4. The minimum atomic E-state index is -0.351. The molecule has 0 saturated carbocycles. The van der Waals surface area contributed by atoms with Crippen LogP contribution in [0.25, 0.3) is 0 Å². The molecule has 6 heteroatoms. The standard InChI is InChI=1S/C20H24BrNO4/c1-12(2)16-8-14(5-6-19(16)23)9-17-13(3)7-15(10-18(17)21)26-11-20(24)22-25-4/h5-8,10,12,23H,9,11H2,1-4H3,(H,22,24). The van der Waals surface area contributed by atoms with E-state index in [1.807, 2.05) is 31.2 Å². The number of benzene rings is 2. The summed E-state index contributed by atoms with van der Waals surface area (Å²) in [6.45, 7) is 6.01. The van der Waals surface area contributed by atoms with E-state index in [-0.39, 0.29) is 18.4 Å². The molecular weight excluding hydrogens is 398 g/mol. The second kappa shape index (κ2) is 9.05. The predicted molar refractivity (Wildman–Crippen MR) is 105 cm³/mol. The Bertz CT molecular complexity index is 766. The summed E-state index contributed by atoms with van der Waals surface area (Å²) in [6.07, 6.45) is 0.733. The second-order valence-corrected chi connectivity index (χ2v) is 7.30. The first kappa shape index (κ1) is 20.3. The molecular formula is C20H24BrNO4. The number of halogens is 1. The van der Waals surface area contributed by atoms with Crippen LogP contribution in [0.2, 0.25) is 0 Å². The monoisotopic (exact) mass is 421 g/mol. The highest BCUT2D eigenvalue weighted by atomic mass is 79.9. The second-order valence-electron chi connectivity index (χ2n) is 6.44. The molecule has 0 fully saturated rings. The molecule has 0 bridgehead atoms. The molecule has 2 aromatic carbocycles. The summed E-state index contributed by atoms with van der Waals surface area (Å²) in [4.78, 5) is 16.0. The highest BCUT2D eigenvalue weighted by molar-refractivity contribution is 9.10. The van der Waals surface area contributed by atoms with Crippen molar-refractivity contribution in [2.75, 3.05) is 13.7 Å². The van der Waals surface area contributed by atoms with E-state index in [1.165, 1.54) is 7.11 Å². The molecule has 0 saturated heterocycles. The molecule has 5 nitrogen and oxygen atoms in total. The van der Waals surface area contributed by atoms with Gasteiger partial charge in [0.1, 0.15) is 11.5 Å². The molecule has 2 N–H and O–H groups in total. The highest BCUT2D eigenvalue weighted by Crippen LogP contribution is 2.31. The number of carbonyl (C=O) groups is 1. The number of hydrogen-bond donors (Lipinski definition) is 2. The van der Waals surface area contributed by atoms with Crippen molar-refractivity contribution in [1.29, 1.82) is 0 Å². The van der Waals surface area contributed by atoms with Gasteiger partial charge in [0.15, 0.2) is 6.61 Å². The smallest absolute Gasteiger partial charge is 0.281 e. The summed E-state index contributed by atoms with van der Waals surface area (Å²) in [5.41, 5.74) is 6.48. The summed E-state index contributed by atoms with van der Waals surface area (Å²) in [7, 11) is 1.38. The van der Waals surface area contributed by atoms with Crippen LogP contribution in [-0.2, 0) is 16.1 Å². The van der Waals surface area contributed by atoms with E-state index in [1.54, 1.807) is 6.07 Å². The third-order valence-corrected chi connectivity index (χ3v) is 4.78. The number of rotatable bonds is 7. The van der Waals surface area contributed by atoms with Gasteiger partial charge in [-0.1, -0.05) is 41.9 Å². The number of aromatic hydroxyl groups is 1. The van der Waals surface area contributed by atoms with Gasteiger partial charge in [-0.15, -0.1) is 0 Å². The molecule has 26 heavy (non-hydrogen) atoms. The van der Waals surface area contributed by atoms with Crippen LogP contribution in [0.3, 0.4) is 0 Å². The van der Waals surface area contributed by atoms with Crippen LogP contribution in [0.15, 0.2) is 34.8 Å². The highest BCUT2D eigenvalue weighted by Gasteiger charge is 2.12. The maximum Gasteiger partial charge on any atom is 0.281 e. The van der Waals surface area contributed by atoms with Crippen molar-refractivity contribution >= 4 is 21.8 Å². The fourth-order valence-electron chi connectivity index (χ4n) is 2.72. The van der Waals surface area contributed by atoms with Crippen LogP contribution in [-0.4, -0.2) is 24.7 Å². The lowest BCUT2D eigenvalue weighted by Gasteiger charge is -2.14. The normalized spacial score (nSPS) is 10.8. The van der Waals surface area contributed by atoms with Crippen LogP contribution >= 0.6 is 15.9 Å². The van der Waals surface area contributed by atoms with Gasteiger partial charge in [0.2, 0.25) is 0 Å². The topological polar surface area (TPSA) is 67.8 Å². The zero-order valence-electron chi connectivity index (χ0n) is 15.4. The number of phenolic OH excluding ortho intramolecular Hbond substituents is 1. The van der Waals surface area contributed by atoms with Crippen molar-refractivity contribution in [3.63, 3.8) is 0 Å². The van der Waals surface area contributed by atoms with Gasteiger partial charge in [-0.2, -0.15) is 0 Å². The average Bonchev–Trinajstić information content (AvgIpc) is 2.57. The Hall–Kier alpha value is -2.05. The van der Waals surface area contributed by atoms with E-state index >= 15 is 0 Å². The molecule has 0 unspecified atom stereocenters. The van der Waals surface area contributed by atoms with E-state index < -0.39 is 0 Å². The fourth-order valence-corrected chi connectivity index (χ4v) is 3.40. The molecule has 0 aliphatic heterocycles. The van der Waals surface area contributed by atoms with Gasteiger partial charge >= 0.3 is 0 Å². The Morgan fingerprint density at radius 1 is 1.27 bits per heavy atom. The molecule has 0 atom stereocenters. The van der Waals surface area contributed by atoms with Crippen molar-refractivity contribution in [3.8, 4) is 11.5 Å². The Morgan fingerprint density at radius 2 is 2.00 bits per heavy atom. The number of amides is 1. The van der Waals surface area contributed by atoms with Crippen LogP contribution in [0.4, 0.5) is 0 Å². The molecule has 2 rings (SSSR count). The van der Waals surface area contributed by atoms with Crippen molar-refractivity contribution < 1.29 is 19.5 Å². The molecule has 2 aromatic rings. The van der Waals surface area contributed by atoms with Gasteiger partial charge in [0.05, 0.1) is 7.11 Å². The summed E-state index contributed by atoms with van der Waals surface area (Å²) in [5.74, 6) is 0.847. The first-order chi connectivity index (χ1) is 12.3. The third kappa shape index (κ3) is 5.22. The van der Waals surface area contributed by atoms with Crippen molar-refractivity contribution in [3.05, 3.63) is 57.1 Å². The summed E-state index contributed by atoms with van der Waals surface area (Å²) < 4.78 is 6.41. The lowest BCUT2D eigenvalue weighted by Crippen LogP contribution is -2.27. The lowest BCUT2D eigenvalue weighted by atomic mass is 9.95. The zero-order valence-corrected chi connectivity index (χ0v) is 17.0. The SMILES string of the molecule is CONC(=O)COc1cc(C)c(Cc2ccc(O)c(C(C)C)c2)c(Br)c1. The van der Waals surface area contributed by atoms with E-state index in [0.29, 0.717) is 11.5 Å². The molecule has 140 valence electrons. The van der Waals surface area contributed by atoms with E-state index in [0.717, 1.165) is 33.1 Å². The van der Waals surface area contributed by atoms with Gasteiger partial charge in [0, 0.05) is 4.47 Å². The molecule has 0 aromatic heterocycles. The van der Waals surface area contributed by atoms with Crippen LogP contribution in [0, 0.1) is 6.92 Å². The molecule has 0 aliphatic carbocycles. The van der Waals surface area contributed by atoms with Crippen molar-refractivity contribution in [2.24, 2.45) is 0 Å². The quantitative estimate of drug-likeness (QED) is 0.656. The first-order valence-corrected chi connectivity index (χ1v) is 9.16.